The van der Waals surface area contributed by atoms with Crippen molar-refractivity contribution in [2.45, 2.75) is 6.42 Å². The van der Waals surface area contributed by atoms with Gasteiger partial charge in [0.15, 0.2) is 16.9 Å². The zero-order valence-corrected chi connectivity index (χ0v) is 11.0. The Balaban J connectivity index is 1.71. The summed E-state index contributed by atoms with van der Waals surface area (Å²) in [6, 6.07) is 10.1. The summed E-state index contributed by atoms with van der Waals surface area (Å²) in [5.41, 5.74) is 1.68. The zero-order valence-electron chi connectivity index (χ0n) is 10.2. The number of imidazole rings is 1. The van der Waals surface area contributed by atoms with Crippen LogP contribution in [0.15, 0.2) is 41.9 Å². The Morgan fingerprint density at radius 1 is 1.32 bits per heavy atom. The molecule has 1 aromatic carbocycles. The predicted octanol–water partition coefficient (Wildman–Crippen LogP) is 2.83. The molecule has 96 valence electrons. The van der Waals surface area contributed by atoms with Crippen molar-refractivity contribution >= 4 is 22.6 Å². The second-order valence-corrected chi connectivity index (χ2v) is 4.93. The van der Waals surface area contributed by atoms with Crippen molar-refractivity contribution in [3.05, 3.63) is 53.2 Å². The molecule has 4 nitrogen and oxygen atoms in total. The lowest BCUT2D eigenvalue weighted by Gasteiger charge is -2.03. The largest absolute Gasteiger partial charge is 0.476 e. The molecule has 0 fully saturated rings. The van der Waals surface area contributed by atoms with E-state index in [0.29, 0.717) is 18.2 Å². The highest BCUT2D eigenvalue weighted by atomic mass is 32.1. The van der Waals surface area contributed by atoms with E-state index >= 15 is 0 Å². The predicted molar refractivity (Wildman–Crippen MR) is 74.1 cm³/mol. The molecule has 0 aliphatic carbocycles. The highest BCUT2D eigenvalue weighted by molar-refractivity contribution is 7.15. The third-order valence-electron chi connectivity index (χ3n) is 2.85. The van der Waals surface area contributed by atoms with Gasteiger partial charge in [-0.05, 0) is 5.56 Å². The molecule has 0 unspecified atom stereocenters. The Bertz CT molecular complexity index is 688. The number of fused-ring (bicyclic) bond motifs is 1. The third kappa shape index (κ3) is 2.37. The molecule has 0 radical (unpaired) electrons. The van der Waals surface area contributed by atoms with Crippen LogP contribution in [0, 0.1) is 0 Å². The fourth-order valence-corrected chi connectivity index (χ4v) is 2.62. The lowest BCUT2D eigenvalue weighted by atomic mass is 10.2. The van der Waals surface area contributed by atoms with Crippen LogP contribution in [0.25, 0.3) is 4.96 Å². The SMILES string of the molecule is O=Cc1c(OCCc2ccccc2)nc2sccn12. The van der Waals surface area contributed by atoms with E-state index in [0.717, 1.165) is 17.7 Å². The monoisotopic (exact) mass is 272 g/mol. The molecule has 5 heteroatoms. The molecule has 3 aromatic rings. The number of nitrogens with zero attached hydrogens (tertiary/aromatic N) is 2. The van der Waals surface area contributed by atoms with E-state index in [9.17, 15) is 4.79 Å². The first-order valence-electron chi connectivity index (χ1n) is 5.96. The lowest BCUT2D eigenvalue weighted by Crippen LogP contribution is -2.03. The van der Waals surface area contributed by atoms with Gasteiger partial charge in [-0.15, -0.1) is 11.3 Å². The topological polar surface area (TPSA) is 43.6 Å². The maximum absolute atomic E-state index is 11.1. The number of ether oxygens (including phenoxy) is 1. The second kappa shape index (κ2) is 5.24. The van der Waals surface area contributed by atoms with Crippen LogP contribution in [0.2, 0.25) is 0 Å². The van der Waals surface area contributed by atoms with Gasteiger partial charge in [-0.25, -0.2) is 0 Å². The molecule has 3 rings (SSSR count). The van der Waals surface area contributed by atoms with Gasteiger partial charge in [0.2, 0.25) is 5.88 Å². The van der Waals surface area contributed by atoms with Crippen LogP contribution in [0.4, 0.5) is 0 Å². The van der Waals surface area contributed by atoms with E-state index in [1.807, 2.05) is 29.8 Å². The summed E-state index contributed by atoms with van der Waals surface area (Å²) in [5.74, 6) is 0.415. The van der Waals surface area contributed by atoms with Crippen molar-refractivity contribution in [1.82, 2.24) is 9.38 Å². The van der Waals surface area contributed by atoms with Gasteiger partial charge < -0.3 is 4.74 Å². The molecular weight excluding hydrogens is 260 g/mol. The number of aromatic nitrogens is 2. The number of thiazole rings is 1. The van der Waals surface area contributed by atoms with Crippen molar-refractivity contribution in [3.8, 4) is 5.88 Å². The summed E-state index contributed by atoms with van der Waals surface area (Å²) in [6.45, 7) is 0.510. The molecule has 0 bridgehead atoms. The number of carbonyl (C=O) groups is 1. The van der Waals surface area contributed by atoms with E-state index < -0.39 is 0 Å². The Kier molecular flexibility index (Phi) is 3.29. The fourth-order valence-electron chi connectivity index (χ4n) is 1.91. The van der Waals surface area contributed by atoms with Gasteiger partial charge in [-0.3, -0.25) is 9.20 Å². The van der Waals surface area contributed by atoms with E-state index in [2.05, 4.69) is 17.1 Å². The van der Waals surface area contributed by atoms with Crippen molar-refractivity contribution in [2.75, 3.05) is 6.61 Å². The van der Waals surface area contributed by atoms with Crippen LogP contribution in [0.1, 0.15) is 16.1 Å². The lowest BCUT2D eigenvalue weighted by molar-refractivity contribution is 0.111. The Morgan fingerprint density at radius 3 is 2.95 bits per heavy atom. The first kappa shape index (κ1) is 11.9. The van der Waals surface area contributed by atoms with Gasteiger partial charge in [0, 0.05) is 18.0 Å². The minimum Gasteiger partial charge on any atom is -0.476 e. The molecule has 0 aliphatic heterocycles. The minimum atomic E-state index is 0.415. The Labute approximate surface area is 114 Å². The van der Waals surface area contributed by atoms with Crippen molar-refractivity contribution in [1.29, 1.82) is 0 Å². The van der Waals surface area contributed by atoms with Crippen molar-refractivity contribution < 1.29 is 9.53 Å². The van der Waals surface area contributed by atoms with Crippen LogP contribution < -0.4 is 4.74 Å². The third-order valence-corrected chi connectivity index (χ3v) is 3.61. The molecule has 0 saturated heterocycles. The van der Waals surface area contributed by atoms with Gasteiger partial charge >= 0.3 is 0 Å². The summed E-state index contributed by atoms with van der Waals surface area (Å²) in [6.07, 6.45) is 3.40. The maximum Gasteiger partial charge on any atom is 0.244 e. The van der Waals surface area contributed by atoms with Crippen molar-refractivity contribution in [2.24, 2.45) is 0 Å². The van der Waals surface area contributed by atoms with Crippen molar-refractivity contribution in [3.63, 3.8) is 0 Å². The number of carbonyl (C=O) groups excluding carboxylic acids is 1. The molecule has 0 spiro atoms. The summed E-state index contributed by atoms with van der Waals surface area (Å²) < 4.78 is 7.36. The molecule has 19 heavy (non-hydrogen) atoms. The minimum absolute atomic E-state index is 0.415. The summed E-state index contributed by atoms with van der Waals surface area (Å²) in [4.78, 5) is 16.2. The molecule has 0 amide bonds. The zero-order chi connectivity index (χ0) is 13.1. The Hall–Kier alpha value is -2.14. The highest BCUT2D eigenvalue weighted by Crippen LogP contribution is 2.21. The van der Waals surface area contributed by atoms with E-state index in [4.69, 9.17) is 4.74 Å². The maximum atomic E-state index is 11.1. The number of benzene rings is 1. The van der Waals surface area contributed by atoms with Crippen LogP contribution >= 0.6 is 11.3 Å². The second-order valence-electron chi connectivity index (χ2n) is 4.06. The number of rotatable bonds is 5. The highest BCUT2D eigenvalue weighted by Gasteiger charge is 2.13. The average Bonchev–Trinajstić information content (AvgIpc) is 3.00. The first-order valence-corrected chi connectivity index (χ1v) is 6.84. The standard InChI is InChI=1S/C14H12N2O2S/c17-10-12-13(15-14-16(12)7-9-19-14)18-8-6-11-4-2-1-3-5-11/h1-5,7,9-10H,6,8H2. The van der Waals surface area contributed by atoms with Gasteiger partial charge in [0.1, 0.15) is 0 Å². The smallest absolute Gasteiger partial charge is 0.244 e. The number of hydrogen-bond donors (Lipinski definition) is 0. The van der Waals surface area contributed by atoms with E-state index in [-0.39, 0.29) is 0 Å². The molecule has 0 saturated carbocycles. The van der Waals surface area contributed by atoms with E-state index in [1.54, 1.807) is 4.40 Å². The summed E-state index contributed by atoms with van der Waals surface area (Å²) in [7, 11) is 0. The van der Waals surface area contributed by atoms with E-state index in [1.165, 1.54) is 16.9 Å². The van der Waals surface area contributed by atoms with Crippen LogP contribution in [-0.4, -0.2) is 22.3 Å². The molecule has 2 heterocycles. The quantitative estimate of drug-likeness (QED) is 0.671. The average molecular weight is 272 g/mol. The molecule has 0 atom stereocenters. The first-order chi connectivity index (χ1) is 9.38. The van der Waals surface area contributed by atoms with Gasteiger partial charge in [-0.1, -0.05) is 30.3 Å². The van der Waals surface area contributed by atoms with Crippen LogP contribution in [-0.2, 0) is 6.42 Å². The van der Waals surface area contributed by atoms with Crippen LogP contribution in [0.3, 0.4) is 0 Å². The van der Waals surface area contributed by atoms with Gasteiger partial charge in [-0.2, -0.15) is 4.98 Å². The molecule has 2 aromatic heterocycles. The summed E-state index contributed by atoms with van der Waals surface area (Å²) in [5, 5.41) is 1.89. The number of aldehydes is 1. The molecular formula is C14H12N2O2S. The van der Waals surface area contributed by atoms with Gasteiger partial charge in [0.05, 0.1) is 6.61 Å². The number of hydrogen-bond acceptors (Lipinski definition) is 4. The normalized spacial score (nSPS) is 10.7. The molecule has 0 N–H and O–H groups in total. The Morgan fingerprint density at radius 2 is 2.16 bits per heavy atom. The van der Waals surface area contributed by atoms with Crippen LogP contribution in [0.5, 0.6) is 5.88 Å². The molecule has 0 aliphatic rings. The van der Waals surface area contributed by atoms with Gasteiger partial charge in [0.25, 0.3) is 0 Å². The summed E-state index contributed by atoms with van der Waals surface area (Å²) >= 11 is 1.48. The fraction of sp³-hybridized carbons (Fsp3) is 0.143.